The molecular weight excluding hydrogens is 216 g/mol. The first kappa shape index (κ1) is 11.7. The minimum absolute atomic E-state index is 0.229. The number of hydrogen-bond donors (Lipinski definition) is 1. The van der Waals surface area contributed by atoms with Crippen molar-refractivity contribution < 1.29 is 4.79 Å². The Bertz CT molecular complexity index is 399. The van der Waals surface area contributed by atoms with Gasteiger partial charge in [0, 0.05) is 38.8 Å². The Morgan fingerprint density at radius 2 is 2.12 bits per heavy atom. The molecule has 1 aromatic heterocycles. The number of nitrogens with two attached hydrogens (primary N) is 1. The summed E-state index contributed by atoms with van der Waals surface area (Å²) in [6, 6.07) is 1.92. The van der Waals surface area contributed by atoms with Crippen molar-refractivity contribution >= 4 is 17.3 Å². The maximum Gasteiger partial charge on any atom is 0.222 e. The normalized spacial score (nSPS) is 16.1. The molecule has 0 aliphatic carbocycles. The lowest BCUT2D eigenvalue weighted by Gasteiger charge is -2.36. The first-order chi connectivity index (χ1) is 8.22. The second-order valence-electron chi connectivity index (χ2n) is 4.16. The molecule has 1 amide bonds. The van der Waals surface area contributed by atoms with Crippen LogP contribution in [0.5, 0.6) is 0 Å². The van der Waals surface area contributed by atoms with E-state index in [1.807, 2.05) is 17.9 Å². The fraction of sp³-hybridized carbons (Fsp3) is 0.500. The molecule has 2 rings (SSSR count). The van der Waals surface area contributed by atoms with Crippen molar-refractivity contribution in [2.24, 2.45) is 0 Å². The summed E-state index contributed by atoms with van der Waals surface area (Å²) >= 11 is 0. The summed E-state index contributed by atoms with van der Waals surface area (Å²) in [7, 11) is 0. The van der Waals surface area contributed by atoms with Crippen LogP contribution in [0.2, 0.25) is 0 Å². The predicted octanol–water partition coefficient (Wildman–Crippen LogP) is 0.722. The largest absolute Gasteiger partial charge is 0.396 e. The van der Waals surface area contributed by atoms with E-state index in [2.05, 4.69) is 9.88 Å². The van der Waals surface area contributed by atoms with Crippen LogP contribution in [0.15, 0.2) is 18.5 Å². The molecule has 1 fully saturated rings. The minimum atomic E-state index is 0.229. The molecule has 1 aliphatic heterocycles. The fourth-order valence-corrected chi connectivity index (χ4v) is 2.11. The number of carbonyl (C=O) groups excluding carboxylic acids is 1. The third-order valence-corrected chi connectivity index (χ3v) is 3.10. The molecule has 1 saturated heterocycles. The molecule has 0 bridgehead atoms. The third-order valence-electron chi connectivity index (χ3n) is 3.10. The lowest BCUT2D eigenvalue weighted by atomic mass is 10.2. The number of nitrogens with zero attached hydrogens (tertiary/aromatic N) is 3. The van der Waals surface area contributed by atoms with E-state index < -0.39 is 0 Å². The van der Waals surface area contributed by atoms with E-state index in [4.69, 9.17) is 5.73 Å². The molecule has 0 unspecified atom stereocenters. The van der Waals surface area contributed by atoms with E-state index in [0.717, 1.165) is 31.9 Å². The van der Waals surface area contributed by atoms with Gasteiger partial charge in [0.2, 0.25) is 5.91 Å². The molecule has 5 nitrogen and oxygen atoms in total. The number of aromatic nitrogens is 1. The van der Waals surface area contributed by atoms with E-state index in [-0.39, 0.29) is 5.91 Å². The lowest BCUT2D eigenvalue weighted by Crippen LogP contribution is -2.48. The highest BCUT2D eigenvalue weighted by atomic mass is 16.2. The van der Waals surface area contributed by atoms with Crippen molar-refractivity contribution in [2.45, 2.75) is 13.3 Å². The van der Waals surface area contributed by atoms with Crippen LogP contribution in [0.1, 0.15) is 13.3 Å². The highest BCUT2D eigenvalue weighted by Gasteiger charge is 2.20. The molecule has 0 spiro atoms. The molecule has 92 valence electrons. The average molecular weight is 234 g/mol. The second kappa shape index (κ2) is 5.03. The van der Waals surface area contributed by atoms with Crippen molar-refractivity contribution in [1.29, 1.82) is 0 Å². The molecule has 17 heavy (non-hydrogen) atoms. The maximum absolute atomic E-state index is 11.5. The number of amides is 1. The Morgan fingerprint density at radius 3 is 2.71 bits per heavy atom. The predicted molar refractivity (Wildman–Crippen MR) is 67.7 cm³/mol. The molecule has 0 aromatic carbocycles. The zero-order chi connectivity index (χ0) is 12.3. The Morgan fingerprint density at radius 1 is 1.41 bits per heavy atom. The summed E-state index contributed by atoms with van der Waals surface area (Å²) in [6.07, 6.45) is 3.99. The summed E-state index contributed by atoms with van der Waals surface area (Å²) in [6.45, 7) is 5.11. The fourth-order valence-electron chi connectivity index (χ4n) is 2.11. The van der Waals surface area contributed by atoms with Crippen LogP contribution in [0, 0.1) is 0 Å². The molecule has 0 atom stereocenters. The van der Waals surface area contributed by atoms with Crippen LogP contribution in [-0.4, -0.2) is 42.0 Å². The lowest BCUT2D eigenvalue weighted by molar-refractivity contribution is -0.131. The first-order valence-corrected chi connectivity index (χ1v) is 5.94. The van der Waals surface area contributed by atoms with E-state index in [1.165, 1.54) is 0 Å². The quantitative estimate of drug-likeness (QED) is 0.819. The molecule has 1 aromatic rings. The summed E-state index contributed by atoms with van der Waals surface area (Å²) in [5.41, 5.74) is 7.60. The van der Waals surface area contributed by atoms with Crippen molar-refractivity contribution in [3.05, 3.63) is 18.5 Å². The summed E-state index contributed by atoms with van der Waals surface area (Å²) in [4.78, 5) is 19.6. The van der Waals surface area contributed by atoms with Crippen molar-refractivity contribution in [3.63, 3.8) is 0 Å². The number of pyridine rings is 1. The van der Waals surface area contributed by atoms with Crippen LogP contribution >= 0.6 is 0 Å². The van der Waals surface area contributed by atoms with E-state index in [1.54, 1.807) is 12.4 Å². The van der Waals surface area contributed by atoms with Gasteiger partial charge in [-0.05, 0) is 6.07 Å². The highest BCUT2D eigenvalue weighted by Crippen LogP contribution is 2.22. The van der Waals surface area contributed by atoms with Crippen LogP contribution in [-0.2, 0) is 4.79 Å². The van der Waals surface area contributed by atoms with Crippen molar-refractivity contribution in [1.82, 2.24) is 9.88 Å². The van der Waals surface area contributed by atoms with Gasteiger partial charge in [-0.1, -0.05) is 6.92 Å². The number of nitrogen functional groups attached to an aromatic ring is 1. The van der Waals surface area contributed by atoms with Gasteiger partial charge in [-0.3, -0.25) is 9.78 Å². The maximum atomic E-state index is 11.5. The van der Waals surface area contributed by atoms with Crippen molar-refractivity contribution in [3.8, 4) is 0 Å². The monoisotopic (exact) mass is 234 g/mol. The van der Waals surface area contributed by atoms with Crippen LogP contribution in [0.4, 0.5) is 11.4 Å². The second-order valence-corrected chi connectivity index (χ2v) is 4.16. The molecule has 5 heteroatoms. The van der Waals surface area contributed by atoms with E-state index in [0.29, 0.717) is 12.1 Å². The molecule has 0 saturated carbocycles. The summed E-state index contributed by atoms with van der Waals surface area (Å²) in [5, 5.41) is 0. The number of hydrogen-bond acceptors (Lipinski definition) is 4. The van der Waals surface area contributed by atoms with Gasteiger partial charge in [-0.2, -0.15) is 0 Å². The molecule has 2 heterocycles. The Labute approximate surface area is 101 Å². The highest BCUT2D eigenvalue weighted by molar-refractivity contribution is 5.76. The SMILES string of the molecule is CCC(=O)N1CCN(c2ccncc2N)CC1. The zero-order valence-corrected chi connectivity index (χ0v) is 10.1. The van der Waals surface area contributed by atoms with E-state index >= 15 is 0 Å². The van der Waals surface area contributed by atoms with Gasteiger partial charge < -0.3 is 15.5 Å². The smallest absolute Gasteiger partial charge is 0.222 e. The Hall–Kier alpha value is -1.78. The molecular formula is C12H18N4O. The number of carbonyl (C=O) groups is 1. The van der Waals surface area contributed by atoms with Crippen LogP contribution in [0.3, 0.4) is 0 Å². The molecule has 0 radical (unpaired) electrons. The Balaban J connectivity index is 2.00. The van der Waals surface area contributed by atoms with Gasteiger partial charge in [0.1, 0.15) is 0 Å². The van der Waals surface area contributed by atoms with Crippen molar-refractivity contribution in [2.75, 3.05) is 36.8 Å². The van der Waals surface area contributed by atoms with Gasteiger partial charge in [-0.15, -0.1) is 0 Å². The van der Waals surface area contributed by atoms with Gasteiger partial charge in [0.25, 0.3) is 0 Å². The van der Waals surface area contributed by atoms with Gasteiger partial charge in [0.05, 0.1) is 17.6 Å². The van der Waals surface area contributed by atoms with Crippen LogP contribution < -0.4 is 10.6 Å². The summed E-state index contributed by atoms with van der Waals surface area (Å²) in [5.74, 6) is 0.229. The van der Waals surface area contributed by atoms with Gasteiger partial charge in [0.15, 0.2) is 0 Å². The van der Waals surface area contributed by atoms with Gasteiger partial charge >= 0.3 is 0 Å². The number of piperazine rings is 1. The average Bonchev–Trinajstić information content (AvgIpc) is 2.39. The first-order valence-electron chi connectivity index (χ1n) is 5.94. The summed E-state index contributed by atoms with van der Waals surface area (Å²) < 4.78 is 0. The van der Waals surface area contributed by atoms with Gasteiger partial charge in [-0.25, -0.2) is 0 Å². The standard InChI is InChI=1S/C12H18N4O/c1-2-12(17)16-7-5-15(6-8-16)11-3-4-14-9-10(11)13/h3-4,9H,2,5-8,13H2,1H3. The number of anilines is 2. The third kappa shape index (κ3) is 2.49. The number of rotatable bonds is 2. The molecule has 2 N–H and O–H groups in total. The minimum Gasteiger partial charge on any atom is -0.396 e. The molecule has 1 aliphatic rings. The van der Waals surface area contributed by atoms with E-state index in [9.17, 15) is 4.79 Å². The van der Waals surface area contributed by atoms with Crippen LogP contribution in [0.25, 0.3) is 0 Å². The Kier molecular flexibility index (Phi) is 3.46. The topological polar surface area (TPSA) is 62.5 Å². The zero-order valence-electron chi connectivity index (χ0n) is 10.1.